The summed E-state index contributed by atoms with van der Waals surface area (Å²) in [6, 6.07) is -0.120. The zero-order chi connectivity index (χ0) is 20.4. The van der Waals surface area contributed by atoms with E-state index < -0.39 is 0 Å². The molecular weight excluding hydrogens is 354 g/mol. The van der Waals surface area contributed by atoms with Crippen molar-refractivity contribution in [3.05, 3.63) is 39.7 Å². The fourth-order valence-corrected chi connectivity index (χ4v) is 4.14. The molecule has 3 rings (SSSR count). The fourth-order valence-electron chi connectivity index (χ4n) is 4.14. The highest BCUT2D eigenvalue weighted by molar-refractivity contribution is 5.96. The summed E-state index contributed by atoms with van der Waals surface area (Å²) in [6.07, 6.45) is 4.20. The summed E-state index contributed by atoms with van der Waals surface area (Å²) in [7, 11) is 0. The first kappa shape index (κ1) is 20.2. The third-order valence-electron chi connectivity index (χ3n) is 5.43. The quantitative estimate of drug-likeness (QED) is 0.742. The van der Waals surface area contributed by atoms with Crippen molar-refractivity contribution in [2.45, 2.75) is 72.8 Å². The predicted octanol–water partition coefficient (Wildman–Crippen LogP) is 2.60. The molecule has 0 aliphatic heterocycles. The summed E-state index contributed by atoms with van der Waals surface area (Å²) >= 11 is 0. The molecule has 2 aromatic rings. The molecule has 1 aliphatic rings. The largest absolute Gasteiger partial charge is 0.356 e. The number of hydrogen-bond acceptors (Lipinski definition) is 5. The van der Waals surface area contributed by atoms with E-state index in [0.29, 0.717) is 30.6 Å². The molecule has 1 amide bonds. The average molecular weight is 383 g/mol. The van der Waals surface area contributed by atoms with E-state index in [1.54, 1.807) is 11.6 Å². The second-order valence-corrected chi connectivity index (χ2v) is 7.70. The lowest BCUT2D eigenvalue weighted by molar-refractivity contribution is -0.121. The Morgan fingerprint density at radius 3 is 2.57 bits per heavy atom. The first-order valence-corrected chi connectivity index (χ1v) is 9.96. The Kier molecular flexibility index (Phi) is 5.91. The number of rotatable bonds is 7. The van der Waals surface area contributed by atoms with Gasteiger partial charge in [0.15, 0.2) is 5.78 Å². The maximum absolute atomic E-state index is 12.3. The molecule has 0 fully saturated rings. The van der Waals surface area contributed by atoms with Crippen molar-refractivity contribution in [3.63, 3.8) is 0 Å². The van der Waals surface area contributed by atoms with Gasteiger partial charge in [0.1, 0.15) is 5.82 Å². The number of hydrogen-bond donors (Lipinski definition) is 1. The molecule has 2 heterocycles. The lowest BCUT2D eigenvalue weighted by Crippen LogP contribution is -2.28. The van der Waals surface area contributed by atoms with E-state index >= 15 is 0 Å². The van der Waals surface area contributed by atoms with Crippen LogP contribution in [0.2, 0.25) is 0 Å². The first-order valence-electron chi connectivity index (χ1n) is 9.96. The van der Waals surface area contributed by atoms with Gasteiger partial charge in [0.25, 0.3) is 0 Å². The van der Waals surface area contributed by atoms with Gasteiger partial charge in [-0.1, -0.05) is 0 Å². The van der Waals surface area contributed by atoms with Crippen LogP contribution in [0.1, 0.15) is 77.3 Å². The Morgan fingerprint density at radius 2 is 1.89 bits per heavy atom. The first-order chi connectivity index (χ1) is 13.3. The number of carbonyl (C=O) groups excluding carboxylic acids is 2. The molecular formula is C21H29N5O2. The van der Waals surface area contributed by atoms with E-state index in [2.05, 4.69) is 20.4 Å². The third kappa shape index (κ3) is 4.13. The molecule has 1 N–H and O–H groups in total. The minimum Gasteiger partial charge on any atom is -0.356 e. The van der Waals surface area contributed by atoms with Gasteiger partial charge in [-0.05, 0) is 59.4 Å². The van der Waals surface area contributed by atoms with Crippen molar-refractivity contribution < 1.29 is 9.59 Å². The van der Waals surface area contributed by atoms with Crippen LogP contribution in [0.15, 0.2) is 0 Å². The highest BCUT2D eigenvalue weighted by Crippen LogP contribution is 2.22. The third-order valence-corrected chi connectivity index (χ3v) is 5.43. The van der Waals surface area contributed by atoms with E-state index in [1.807, 2.05) is 27.7 Å². The summed E-state index contributed by atoms with van der Waals surface area (Å²) in [4.78, 5) is 33.4. The van der Waals surface area contributed by atoms with Crippen molar-refractivity contribution in [1.29, 1.82) is 0 Å². The lowest BCUT2D eigenvalue weighted by Gasteiger charge is -2.14. The highest BCUT2D eigenvalue weighted by atomic mass is 16.1. The minimum absolute atomic E-state index is 0.00235. The Bertz CT molecular complexity index is 916. The maximum Gasteiger partial charge on any atom is 0.222 e. The van der Waals surface area contributed by atoms with Gasteiger partial charge in [-0.15, -0.1) is 0 Å². The fraction of sp³-hybridized carbons (Fsp3) is 0.571. The number of ketones is 1. The standard InChI is InChI=1S/C21H29N5O2/c1-12(26-15(4)21(16(5)27)14(3)25-26)11-20(28)22-10-9-19-23-13(2)17-7-6-8-18(17)24-19/h12H,6-11H2,1-5H3,(H,22,28). The molecule has 2 aromatic heterocycles. The molecule has 1 aliphatic carbocycles. The normalized spacial score (nSPS) is 14.0. The van der Waals surface area contributed by atoms with E-state index in [9.17, 15) is 9.59 Å². The lowest BCUT2D eigenvalue weighted by atomic mass is 10.1. The van der Waals surface area contributed by atoms with Crippen LogP contribution < -0.4 is 5.32 Å². The highest BCUT2D eigenvalue weighted by Gasteiger charge is 2.20. The van der Waals surface area contributed by atoms with Gasteiger partial charge < -0.3 is 5.32 Å². The van der Waals surface area contributed by atoms with Gasteiger partial charge in [0, 0.05) is 36.5 Å². The van der Waals surface area contributed by atoms with Gasteiger partial charge in [0.05, 0.1) is 17.3 Å². The van der Waals surface area contributed by atoms with Gasteiger partial charge >= 0.3 is 0 Å². The SMILES string of the molecule is CC(=O)c1c(C)nn(C(C)CC(=O)NCCc2nc(C)c3c(n2)CCC3)c1C. The van der Waals surface area contributed by atoms with Crippen LogP contribution in [0, 0.1) is 20.8 Å². The Labute approximate surface area is 166 Å². The van der Waals surface area contributed by atoms with Crippen LogP contribution in [-0.2, 0) is 24.1 Å². The molecule has 0 saturated heterocycles. The summed E-state index contributed by atoms with van der Waals surface area (Å²) in [5.74, 6) is 0.765. The van der Waals surface area contributed by atoms with Crippen LogP contribution in [0.4, 0.5) is 0 Å². The summed E-state index contributed by atoms with van der Waals surface area (Å²) in [6.45, 7) is 9.74. The van der Waals surface area contributed by atoms with Gasteiger partial charge in [-0.2, -0.15) is 5.10 Å². The zero-order valence-corrected chi connectivity index (χ0v) is 17.4. The summed E-state index contributed by atoms with van der Waals surface area (Å²) in [5.41, 5.74) is 5.72. The molecule has 28 heavy (non-hydrogen) atoms. The Hall–Kier alpha value is -2.57. The monoisotopic (exact) mass is 383 g/mol. The molecule has 0 saturated carbocycles. The number of nitrogens with one attached hydrogen (secondary N) is 1. The topological polar surface area (TPSA) is 89.8 Å². The number of amides is 1. The van der Waals surface area contributed by atoms with Crippen molar-refractivity contribution in [2.24, 2.45) is 0 Å². The van der Waals surface area contributed by atoms with Gasteiger partial charge in [-0.25, -0.2) is 9.97 Å². The van der Waals surface area contributed by atoms with Gasteiger partial charge in [-0.3, -0.25) is 14.3 Å². The Balaban J connectivity index is 1.54. The summed E-state index contributed by atoms with van der Waals surface area (Å²) < 4.78 is 1.78. The maximum atomic E-state index is 12.3. The molecule has 0 spiro atoms. The molecule has 1 unspecified atom stereocenters. The van der Waals surface area contributed by atoms with Crippen molar-refractivity contribution >= 4 is 11.7 Å². The van der Waals surface area contributed by atoms with Gasteiger partial charge in [0.2, 0.25) is 5.91 Å². The number of Topliss-reactive ketones (excluding diaryl/α,β-unsaturated/α-hetero) is 1. The number of aromatic nitrogens is 4. The van der Waals surface area contributed by atoms with E-state index in [0.717, 1.165) is 36.5 Å². The number of fused-ring (bicyclic) bond motifs is 1. The van der Waals surface area contributed by atoms with Crippen LogP contribution in [-0.4, -0.2) is 38.0 Å². The molecule has 0 radical (unpaired) electrons. The second kappa shape index (κ2) is 8.20. The number of carbonyl (C=O) groups is 2. The van der Waals surface area contributed by atoms with Crippen LogP contribution in [0.5, 0.6) is 0 Å². The van der Waals surface area contributed by atoms with Crippen LogP contribution in [0.3, 0.4) is 0 Å². The van der Waals surface area contributed by atoms with E-state index in [1.165, 1.54) is 11.3 Å². The van der Waals surface area contributed by atoms with E-state index in [4.69, 9.17) is 0 Å². The minimum atomic E-state index is -0.120. The smallest absolute Gasteiger partial charge is 0.222 e. The zero-order valence-electron chi connectivity index (χ0n) is 17.4. The number of aryl methyl sites for hydroxylation is 3. The molecule has 150 valence electrons. The van der Waals surface area contributed by atoms with Crippen LogP contribution >= 0.6 is 0 Å². The average Bonchev–Trinajstić information content (AvgIpc) is 3.19. The van der Waals surface area contributed by atoms with Crippen molar-refractivity contribution in [3.8, 4) is 0 Å². The summed E-state index contributed by atoms with van der Waals surface area (Å²) in [5, 5.41) is 7.41. The molecule has 0 aromatic carbocycles. The Morgan fingerprint density at radius 1 is 1.14 bits per heavy atom. The van der Waals surface area contributed by atoms with Crippen LogP contribution in [0.25, 0.3) is 0 Å². The molecule has 0 bridgehead atoms. The molecule has 1 atom stereocenters. The molecule has 7 heteroatoms. The predicted molar refractivity (Wildman–Crippen MR) is 107 cm³/mol. The number of nitrogens with zero attached hydrogens (tertiary/aromatic N) is 4. The van der Waals surface area contributed by atoms with Crippen molar-refractivity contribution in [1.82, 2.24) is 25.1 Å². The molecule has 7 nitrogen and oxygen atoms in total. The van der Waals surface area contributed by atoms with E-state index in [-0.39, 0.29) is 17.7 Å². The van der Waals surface area contributed by atoms with Crippen molar-refractivity contribution in [2.75, 3.05) is 6.54 Å². The second-order valence-electron chi connectivity index (χ2n) is 7.70.